The molecule has 17 heavy (non-hydrogen) atoms. The summed E-state index contributed by atoms with van der Waals surface area (Å²) in [6.07, 6.45) is 6.80. The highest BCUT2D eigenvalue weighted by molar-refractivity contribution is 5.20. The van der Waals surface area contributed by atoms with Crippen molar-refractivity contribution >= 4 is 0 Å². The summed E-state index contributed by atoms with van der Waals surface area (Å²) in [5, 5.41) is 0. The number of ether oxygens (including phenoxy) is 1. The minimum Gasteiger partial charge on any atom is -0.474 e. The van der Waals surface area contributed by atoms with Crippen LogP contribution in [0.1, 0.15) is 45.1 Å². The molecule has 0 bridgehead atoms. The predicted molar refractivity (Wildman–Crippen MR) is 68.8 cm³/mol. The lowest BCUT2D eigenvalue weighted by Crippen LogP contribution is -2.28. The Balaban J connectivity index is 1.93. The molecule has 0 atom stereocenters. The van der Waals surface area contributed by atoms with Crippen LogP contribution in [-0.4, -0.2) is 11.1 Å². The molecule has 1 aliphatic rings. The Hall–Kier alpha value is -1.09. The predicted octanol–water partition coefficient (Wildman–Crippen LogP) is 2.89. The molecule has 1 fully saturated rings. The molecule has 0 spiro atoms. The molecule has 0 radical (unpaired) electrons. The number of hydrogen-bond acceptors (Lipinski definition) is 3. The van der Waals surface area contributed by atoms with Crippen molar-refractivity contribution in [1.29, 1.82) is 0 Å². The van der Waals surface area contributed by atoms with E-state index in [9.17, 15) is 0 Å². The molecule has 0 unspecified atom stereocenters. The average molecular weight is 234 g/mol. The summed E-state index contributed by atoms with van der Waals surface area (Å²) >= 11 is 0. The van der Waals surface area contributed by atoms with Gasteiger partial charge in [0.05, 0.1) is 0 Å². The van der Waals surface area contributed by atoms with Crippen LogP contribution < -0.4 is 10.5 Å². The Morgan fingerprint density at radius 1 is 1.41 bits per heavy atom. The molecule has 2 N–H and O–H groups in total. The van der Waals surface area contributed by atoms with Crippen molar-refractivity contribution in [3.05, 3.63) is 23.9 Å². The van der Waals surface area contributed by atoms with Gasteiger partial charge in [0.25, 0.3) is 0 Å². The van der Waals surface area contributed by atoms with Crippen molar-refractivity contribution in [2.24, 2.45) is 11.1 Å². The molecule has 3 nitrogen and oxygen atoms in total. The second-order valence-electron chi connectivity index (χ2n) is 5.69. The summed E-state index contributed by atoms with van der Waals surface area (Å²) in [5.74, 6) is 0.720. The van der Waals surface area contributed by atoms with Crippen LogP contribution in [0.4, 0.5) is 0 Å². The molecule has 1 saturated carbocycles. The Labute approximate surface area is 103 Å². The maximum absolute atomic E-state index is 5.92. The average Bonchev–Trinajstić information content (AvgIpc) is 2.32. The molecule has 1 aromatic heterocycles. The van der Waals surface area contributed by atoms with Gasteiger partial charge in [-0.1, -0.05) is 13.8 Å². The van der Waals surface area contributed by atoms with Gasteiger partial charge in [0.1, 0.15) is 6.10 Å². The first kappa shape index (κ1) is 12.4. The Bertz CT molecular complexity index is 366. The largest absolute Gasteiger partial charge is 0.474 e. The van der Waals surface area contributed by atoms with Gasteiger partial charge in [-0.25, -0.2) is 4.98 Å². The number of hydrogen-bond donors (Lipinski definition) is 1. The van der Waals surface area contributed by atoms with Gasteiger partial charge in [0.2, 0.25) is 5.88 Å². The third-order valence-corrected chi connectivity index (χ3v) is 3.61. The lowest BCUT2D eigenvalue weighted by molar-refractivity contribution is 0.0948. The van der Waals surface area contributed by atoms with Gasteiger partial charge in [-0.2, -0.15) is 0 Å². The quantitative estimate of drug-likeness (QED) is 0.874. The van der Waals surface area contributed by atoms with Crippen LogP contribution in [0.25, 0.3) is 0 Å². The first-order chi connectivity index (χ1) is 8.09. The van der Waals surface area contributed by atoms with E-state index < -0.39 is 0 Å². The summed E-state index contributed by atoms with van der Waals surface area (Å²) in [7, 11) is 0. The Morgan fingerprint density at radius 2 is 2.12 bits per heavy atom. The van der Waals surface area contributed by atoms with Crippen LogP contribution in [-0.2, 0) is 6.54 Å². The molecule has 0 amide bonds. The fourth-order valence-corrected chi connectivity index (χ4v) is 2.30. The van der Waals surface area contributed by atoms with Crippen LogP contribution in [0, 0.1) is 5.41 Å². The second kappa shape index (κ2) is 5.05. The summed E-state index contributed by atoms with van der Waals surface area (Å²) in [5.41, 5.74) is 7.16. The standard InChI is InChI=1S/C14H22N2O/c1-14(2)6-3-12(4-7-14)17-13-9-11(10-15)5-8-16-13/h5,8-9,12H,3-4,6-7,10,15H2,1-2H3. The van der Waals surface area contributed by atoms with Gasteiger partial charge in [0, 0.05) is 18.8 Å². The third-order valence-electron chi connectivity index (χ3n) is 3.61. The summed E-state index contributed by atoms with van der Waals surface area (Å²) in [6.45, 7) is 5.20. The van der Waals surface area contributed by atoms with Gasteiger partial charge >= 0.3 is 0 Å². The zero-order valence-corrected chi connectivity index (χ0v) is 10.8. The maximum atomic E-state index is 5.92. The van der Waals surface area contributed by atoms with Gasteiger partial charge in [-0.3, -0.25) is 0 Å². The summed E-state index contributed by atoms with van der Waals surface area (Å²) in [4.78, 5) is 4.24. The molecule has 94 valence electrons. The van der Waals surface area contributed by atoms with E-state index in [4.69, 9.17) is 10.5 Å². The molecule has 0 aliphatic heterocycles. The fourth-order valence-electron chi connectivity index (χ4n) is 2.30. The summed E-state index contributed by atoms with van der Waals surface area (Å²) < 4.78 is 5.92. The highest BCUT2D eigenvalue weighted by Crippen LogP contribution is 2.36. The molecule has 2 rings (SSSR count). The normalized spacial score (nSPS) is 20.2. The maximum Gasteiger partial charge on any atom is 0.213 e. The third kappa shape index (κ3) is 3.43. The number of pyridine rings is 1. The number of aromatic nitrogens is 1. The monoisotopic (exact) mass is 234 g/mol. The molecular formula is C14H22N2O. The molecule has 3 heteroatoms. The van der Waals surface area contributed by atoms with E-state index in [1.165, 1.54) is 12.8 Å². The smallest absolute Gasteiger partial charge is 0.213 e. The topological polar surface area (TPSA) is 48.1 Å². The van der Waals surface area contributed by atoms with E-state index in [0.29, 0.717) is 18.1 Å². The van der Waals surface area contributed by atoms with Crippen molar-refractivity contribution in [3.63, 3.8) is 0 Å². The minimum absolute atomic E-state index is 0.323. The van der Waals surface area contributed by atoms with Crippen molar-refractivity contribution in [2.45, 2.75) is 52.2 Å². The van der Waals surface area contributed by atoms with Crippen molar-refractivity contribution in [2.75, 3.05) is 0 Å². The minimum atomic E-state index is 0.323. The molecular weight excluding hydrogens is 212 g/mol. The fraction of sp³-hybridized carbons (Fsp3) is 0.643. The van der Waals surface area contributed by atoms with Crippen molar-refractivity contribution in [1.82, 2.24) is 4.98 Å². The number of nitrogens with zero attached hydrogens (tertiary/aromatic N) is 1. The SMILES string of the molecule is CC1(C)CCC(Oc2cc(CN)ccn2)CC1. The van der Waals surface area contributed by atoms with Crippen LogP contribution in [0.5, 0.6) is 5.88 Å². The zero-order valence-electron chi connectivity index (χ0n) is 10.8. The van der Waals surface area contributed by atoms with E-state index in [0.717, 1.165) is 24.3 Å². The van der Waals surface area contributed by atoms with Gasteiger partial charge < -0.3 is 10.5 Å². The summed E-state index contributed by atoms with van der Waals surface area (Å²) in [6, 6.07) is 3.87. The van der Waals surface area contributed by atoms with E-state index in [2.05, 4.69) is 18.8 Å². The first-order valence-electron chi connectivity index (χ1n) is 6.41. The van der Waals surface area contributed by atoms with Gasteiger partial charge in [-0.05, 0) is 42.7 Å². The zero-order chi connectivity index (χ0) is 12.3. The first-order valence-corrected chi connectivity index (χ1v) is 6.41. The van der Waals surface area contributed by atoms with E-state index in [1.54, 1.807) is 6.20 Å². The van der Waals surface area contributed by atoms with E-state index >= 15 is 0 Å². The van der Waals surface area contributed by atoms with E-state index in [-0.39, 0.29) is 0 Å². The van der Waals surface area contributed by atoms with Crippen LogP contribution in [0.15, 0.2) is 18.3 Å². The highest BCUT2D eigenvalue weighted by atomic mass is 16.5. The Morgan fingerprint density at radius 3 is 2.76 bits per heavy atom. The molecule has 1 heterocycles. The number of nitrogens with two attached hydrogens (primary N) is 1. The van der Waals surface area contributed by atoms with Crippen molar-refractivity contribution in [3.8, 4) is 5.88 Å². The van der Waals surface area contributed by atoms with Crippen molar-refractivity contribution < 1.29 is 4.74 Å². The Kier molecular flexibility index (Phi) is 3.67. The molecule has 1 aliphatic carbocycles. The molecule has 0 aromatic carbocycles. The second-order valence-corrected chi connectivity index (χ2v) is 5.69. The van der Waals surface area contributed by atoms with Crippen LogP contribution >= 0.6 is 0 Å². The lowest BCUT2D eigenvalue weighted by Gasteiger charge is -2.34. The van der Waals surface area contributed by atoms with Gasteiger partial charge in [0.15, 0.2) is 0 Å². The van der Waals surface area contributed by atoms with Crippen LogP contribution in [0.3, 0.4) is 0 Å². The van der Waals surface area contributed by atoms with Crippen LogP contribution in [0.2, 0.25) is 0 Å². The lowest BCUT2D eigenvalue weighted by atomic mass is 9.76. The van der Waals surface area contributed by atoms with Gasteiger partial charge in [-0.15, -0.1) is 0 Å². The molecule has 1 aromatic rings. The highest BCUT2D eigenvalue weighted by Gasteiger charge is 2.27. The molecule has 0 saturated heterocycles. The van der Waals surface area contributed by atoms with E-state index in [1.807, 2.05) is 12.1 Å². The number of rotatable bonds is 3.